The van der Waals surface area contributed by atoms with Gasteiger partial charge in [-0.15, -0.1) is 0 Å². The molecule has 1 aromatic rings. The van der Waals surface area contributed by atoms with Crippen molar-refractivity contribution in [2.24, 2.45) is 0 Å². The Morgan fingerprint density at radius 1 is 1.33 bits per heavy atom. The summed E-state index contributed by atoms with van der Waals surface area (Å²) in [5.74, 6) is -0.374. The van der Waals surface area contributed by atoms with Gasteiger partial charge in [0.15, 0.2) is 0 Å². The standard InChI is InChI=1S/C17H21NO3/c1-4-5-8-15(17(20)21-3)11-10-14(2)13-18-12-7-6-9-16(18)19/h5-12H,4,13H2,1-3H3/b8-5+,14-10+,15-11+. The van der Waals surface area contributed by atoms with Crippen LogP contribution in [-0.2, 0) is 16.1 Å². The van der Waals surface area contributed by atoms with Crippen molar-refractivity contribution in [3.8, 4) is 0 Å². The van der Waals surface area contributed by atoms with Gasteiger partial charge in [-0.3, -0.25) is 4.79 Å². The first-order chi connectivity index (χ1) is 10.1. The van der Waals surface area contributed by atoms with E-state index in [-0.39, 0.29) is 11.5 Å². The molecule has 0 bridgehead atoms. The van der Waals surface area contributed by atoms with Crippen LogP contribution in [0.3, 0.4) is 0 Å². The highest BCUT2D eigenvalue weighted by Crippen LogP contribution is 2.05. The summed E-state index contributed by atoms with van der Waals surface area (Å²) < 4.78 is 6.35. The third-order valence-corrected chi connectivity index (χ3v) is 2.82. The molecule has 4 heteroatoms. The number of carbonyl (C=O) groups is 1. The number of aromatic nitrogens is 1. The number of methoxy groups -OCH3 is 1. The minimum absolute atomic E-state index is 0.0479. The van der Waals surface area contributed by atoms with Crippen molar-refractivity contribution in [2.45, 2.75) is 26.8 Å². The van der Waals surface area contributed by atoms with Crippen molar-refractivity contribution >= 4 is 5.97 Å². The zero-order valence-corrected chi connectivity index (χ0v) is 12.7. The average Bonchev–Trinajstić information content (AvgIpc) is 2.49. The molecule has 0 saturated heterocycles. The van der Waals surface area contributed by atoms with Gasteiger partial charge in [-0.2, -0.15) is 0 Å². The SMILES string of the molecule is CC/C=C/C(=C\C=C(/C)Cn1ccccc1=O)C(=O)OC. The Morgan fingerprint density at radius 3 is 2.71 bits per heavy atom. The van der Waals surface area contributed by atoms with Crippen LogP contribution in [0.1, 0.15) is 20.3 Å². The molecule has 0 unspecified atom stereocenters. The average molecular weight is 287 g/mol. The van der Waals surface area contributed by atoms with E-state index in [2.05, 4.69) is 0 Å². The van der Waals surface area contributed by atoms with Crippen LogP contribution < -0.4 is 5.56 Å². The van der Waals surface area contributed by atoms with E-state index in [1.165, 1.54) is 13.2 Å². The van der Waals surface area contributed by atoms with Gasteiger partial charge in [0.05, 0.1) is 12.7 Å². The summed E-state index contributed by atoms with van der Waals surface area (Å²) in [5.41, 5.74) is 1.40. The van der Waals surface area contributed by atoms with Crippen LogP contribution in [0.4, 0.5) is 0 Å². The van der Waals surface area contributed by atoms with Crippen molar-refractivity contribution in [3.63, 3.8) is 0 Å². The van der Waals surface area contributed by atoms with E-state index >= 15 is 0 Å². The first-order valence-electron chi connectivity index (χ1n) is 6.86. The van der Waals surface area contributed by atoms with Gasteiger partial charge in [-0.05, 0) is 25.5 Å². The lowest BCUT2D eigenvalue weighted by Gasteiger charge is -2.04. The van der Waals surface area contributed by atoms with Crippen molar-refractivity contribution in [1.82, 2.24) is 4.57 Å². The molecule has 0 N–H and O–H groups in total. The second-order valence-corrected chi connectivity index (χ2v) is 4.60. The zero-order chi connectivity index (χ0) is 15.7. The maximum atomic E-state index is 11.6. The number of hydrogen-bond acceptors (Lipinski definition) is 3. The minimum Gasteiger partial charge on any atom is -0.465 e. The van der Waals surface area contributed by atoms with Crippen molar-refractivity contribution < 1.29 is 9.53 Å². The molecule has 0 amide bonds. The number of esters is 1. The maximum absolute atomic E-state index is 11.6. The Morgan fingerprint density at radius 2 is 2.10 bits per heavy atom. The topological polar surface area (TPSA) is 48.3 Å². The fourth-order valence-electron chi connectivity index (χ4n) is 1.70. The van der Waals surface area contributed by atoms with Crippen LogP contribution in [0, 0.1) is 0 Å². The lowest BCUT2D eigenvalue weighted by Crippen LogP contribution is -2.18. The quantitative estimate of drug-likeness (QED) is 0.459. The molecule has 1 rings (SSSR count). The van der Waals surface area contributed by atoms with E-state index in [0.29, 0.717) is 12.1 Å². The highest BCUT2D eigenvalue weighted by Gasteiger charge is 2.04. The van der Waals surface area contributed by atoms with Crippen LogP contribution >= 0.6 is 0 Å². The van der Waals surface area contributed by atoms with E-state index in [1.54, 1.807) is 29.0 Å². The Bertz CT molecular complexity index is 621. The van der Waals surface area contributed by atoms with Gasteiger partial charge >= 0.3 is 5.97 Å². The molecule has 1 aromatic heterocycles. The Kier molecular flexibility index (Phi) is 6.95. The summed E-state index contributed by atoms with van der Waals surface area (Å²) in [5, 5.41) is 0. The van der Waals surface area contributed by atoms with Crippen LogP contribution in [0.2, 0.25) is 0 Å². The monoisotopic (exact) mass is 287 g/mol. The molecule has 21 heavy (non-hydrogen) atoms. The lowest BCUT2D eigenvalue weighted by molar-refractivity contribution is -0.135. The molecule has 0 aromatic carbocycles. The van der Waals surface area contributed by atoms with E-state index < -0.39 is 0 Å². The summed E-state index contributed by atoms with van der Waals surface area (Å²) in [7, 11) is 1.36. The van der Waals surface area contributed by atoms with Crippen molar-refractivity contribution in [2.75, 3.05) is 7.11 Å². The van der Waals surface area contributed by atoms with E-state index in [4.69, 9.17) is 4.74 Å². The molecule has 0 saturated carbocycles. The second-order valence-electron chi connectivity index (χ2n) is 4.60. The predicted molar refractivity (Wildman–Crippen MR) is 84.0 cm³/mol. The molecule has 0 aliphatic rings. The third kappa shape index (κ3) is 5.65. The summed E-state index contributed by atoms with van der Waals surface area (Å²) in [6.07, 6.45) is 9.75. The van der Waals surface area contributed by atoms with Crippen LogP contribution in [0.15, 0.2) is 64.6 Å². The minimum atomic E-state index is -0.374. The number of hydrogen-bond donors (Lipinski definition) is 0. The highest BCUT2D eigenvalue weighted by molar-refractivity contribution is 5.91. The van der Waals surface area contributed by atoms with E-state index in [0.717, 1.165) is 12.0 Å². The van der Waals surface area contributed by atoms with Gasteiger partial charge in [0.2, 0.25) is 0 Å². The van der Waals surface area contributed by atoms with Crippen LogP contribution in [-0.4, -0.2) is 17.6 Å². The van der Waals surface area contributed by atoms with Crippen molar-refractivity contribution in [1.29, 1.82) is 0 Å². The van der Waals surface area contributed by atoms with Gasteiger partial charge < -0.3 is 9.30 Å². The second kappa shape index (κ2) is 8.74. The maximum Gasteiger partial charge on any atom is 0.337 e. The van der Waals surface area contributed by atoms with Crippen LogP contribution in [0.5, 0.6) is 0 Å². The van der Waals surface area contributed by atoms with Gasteiger partial charge in [0.25, 0.3) is 5.56 Å². The summed E-state index contributed by atoms with van der Waals surface area (Å²) in [4.78, 5) is 23.2. The number of pyridine rings is 1. The fraction of sp³-hybridized carbons (Fsp3) is 0.294. The molecular formula is C17H21NO3. The van der Waals surface area contributed by atoms with Gasteiger partial charge in [0.1, 0.15) is 0 Å². The summed E-state index contributed by atoms with van der Waals surface area (Å²) >= 11 is 0. The molecule has 112 valence electrons. The predicted octanol–water partition coefficient (Wildman–Crippen LogP) is 2.86. The molecular weight excluding hydrogens is 266 g/mol. The van der Waals surface area contributed by atoms with Gasteiger partial charge in [-0.1, -0.05) is 36.8 Å². The molecule has 0 aliphatic heterocycles. The molecule has 0 aliphatic carbocycles. The largest absolute Gasteiger partial charge is 0.465 e. The number of rotatable bonds is 6. The molecule has 0 radical (unpaired) electrons. The Hall–Kier alpha value is -2.36. The Labute approximate surface area is 125 Å². The number of nitrogens with zero attached hydrogens (tertiary/aromatic N) is 1. The van der Waals surface area contributed by atoms with E-state index in [1.807, 2.05) is 32.1 Å². The Balaban J connectivity index is 2.91. The molecule has 0 fully saturated rings. The number of carbonyl (C=O) groups excluding carboxylic acids is 1. The first-order valence-corrected chi connectivity index (χ1v) is 6.86. The fourth-order valence-corrected chi connectivity index (χ4v) is 1.70. The number of allylic oxidation sites excluding steroid dienone is 4. The zero-order valence-electron chi connectivity index (χ0n) is 12.7. The first kappa shape index (κ1) is 16.7. The highest BCUT2D eigenvalue weighted by atomic mass is 16.5. The summed E-state index contributed by atoms with van der Waals surface area (Å²) in [6, 6.07) is 5.05. The van der Waals surface area contributed by atoms with E-state index in [9.17, 15) is 9.59 Å². The van der Waals surface area contributed by atoms with Gasteiger partial charge in [0, 0.05) is 18.8 Å². The molecule has 0 atom stereocenters. The molecule has 0 spiro atoms. The molecule has 1 heterocycles. The van der Waals surface area contributed by atoms with Gasteiger partial charge in [-0.25, -0.2) is 4.79 Å². The van der Waals surface area contributed by atoms with Crippen LogP contribution in [0.25, 0.3) is 0 Å². The summed E-state index contributed by atoms with van der Waals surface area (Å²) in [6.45, 7) is 4.39. The normalized spacial score (nSPS) is 12.7. The third-order valence-electron chi connectivity index (χ3n) is 2.82. The number of ether oxygens (including phenoxy) is 1. The van der Waals surface area contributed by atoms with Crippen molar-refractivity contribution in [3.05, 3.63) is 70.2 Å². The smallest absolute Gasteiger partial charge is 0.337 e. The molecule has 4 nitrogen and oxygen atoms in total. The lowest BCUT2D eigenvalue weighted by atomic mass is 10.2.